The maximum atomic E-state index is 10.9. The van der Waals surface area contributed by atoms with Crippen LogP contribution in [-0.4, -0.2) is 67.1 Å². The van der Waals surface area contributed by atoms with E-state index in [2.05, 4.69) is 45.6 Å². The van der Waals surface area contributed by atoms with Crippen molar-refractivity contribution in [3.63, 3.8) is 0 Å². The number of nitrogens with two attached hydrogens (primary N) is 1. The van der Waals surface area contributed by atoms with Gasteiger partial charge in [0.25, 0.3) is 0 Å². The van der Waals surface area contributed by atoms with Crippen LogP contribution in [0, 0.1) is 42.8 Å². The Labute approximate surface area is 481 Å². The third-order valence-corrected chi connectivity index (χ3v) is 7.42. The molecule has 0 aliphatic rings. The van der Waals surface area contributed by atoms with Gasteiger partial charge in [-0.15, -0.1) is 39.9 Å². The molecular weight excluding hydrogens is 1200 g/mol. The number of aldehydes is 2. The van der Waals surface area contributed by atoms with Gasteiger partial charge in [-0.25, -0.2) is 25.1 Å². The molecule has 4 aromatic carbocycles. The van der Waals surface area contributed by atoms with Gasteiger partial charge in [0.15, 0.2) is 6.29 Å². The number of carboxylic acids is 4. The number of carbonyl (C=O) groups excluding carboxylic acids is 2. The van der Waals surface area contributed by atoms with Gasteiger partial charge in [-0.3, -0.25) is 20.2 Å². The first-order chi connectivity index (χ1) is 26.8. The maximum absolute atomic E-state index is 10.9. The van der Waals surface area contributed by atoms with Gasteiger partial charge in [-0.2, -0.15) is 6.07 Å². The summed E-state index contributed by atoms with van der Waals surface area (Å²) >= 11 is 3.12. The van der Waals surface area contributed by atoms with Crippen LogP contribution in [0.25, 0.3) is 21.5 Å². The van der Waals surface area contributed by atoms with E-state index in [0.717, 1.165) is 16.2 Å². The molecule has 0 saturated heterocycles. The van der Waals surface area contributed by atoms with E-state index >= 15 is 0 Å². The van der Waals surface area contributed by atoms with Gasteiger partial charge in [-0.05, 0) is 18.2 Å². The molecule has 6 rings (SSSR count). The molecule has 0 bridgehead atoms. The Morgan fingerprint density at radius 2 is 1.05 bits per heavy atom. The number of terminal acetylenes is 1. The van der Waals surface area contributed by atoms with Crippen molar-refractivity contribution in [2.24, 2.45) is 5.90 Å². The number of aromatic nitrogens is 2. The van der Waals surface area contributed by atoms with Crippen molar-refractivity contribution in [2.75, 3.05) is 0 Å². The third kappa shape index (κ3) is 26.0. The predicted octanol–water partition coefficient (Wildman–Crippen LogP) is 7.87. The first kappa shape index (κ1) is 77.9. The minimum absolute atomic E-state index is 0. The van der Waals surface area contributed by atoms with Crippen LogP contribution in [0.5, 0.6) is 0 Å². The van der Waals surface area contributed by atoms with Crippen molar-refractivity contribution >= 4 is 73.9 Å². The summed E-state index contributed by atoms with van der Waals surface area (Å²) in [5.41, 5.74) is 1.38. The van der Waals surface area contributed by atoms with E-state index in [1.54, 1.807) is 36.5 Å². The van der Waals surface area contributed by atoms with Gasteiger partial charge >= 0.3 is 23.9 Å². The van der Waals surface area contributed by atoms with E-state index in [9.17, 15) is 34.0 Å². The van der Waals surface area contributed by atoms with E-state index in [4.69, 9.17) is 38.5 Å². The molecule has 328 valence electrons. The van der Waals surface area contributed by atoms with Crippen molar-refractivity contribution in [3.8, 4) is 12.3 Å². The molecule has 20 heteroatoms. The van der Waals surface area contributed by atoms with Gasteiger partial charge in [0, 0.05) is 141 Å². The second kappa shape index (κ2) is 42.3. The van der Waals surface area contributed by atoms with Crippen molar-refractivity contribution in [1.29, 1.82) is 0 Å². The number of fused-ring (bicyclic) bond motifs is 2. The third-order valence-electron chi connectivity index (χ3n) is 6.70. The van der Waals surface area contributed by atoms with E-state index in [-0.39, 0.29) is 188 Å². The molecule has 6 aromatic rings. The molecule has 64 heavy (non-hydrogen) atoms. The van der Waals surface area contributed by atoms with Crippen molar-refractivity contribution in [1.82, 2.24) is 4.98 Å². The van der Waals surface area contributed by atoms with E-state index < -0.39 is 23.9 Å². The maximum Gasteiger partial charge on any atom is 0.335 e. The van der Waals surface area contributed by atoms with Crippen molar-refractivity contribution in [3.05, 3.63) is 171 Å². The second-order valence-electron chi connectivity index (χ2n) is 10.1. The Kier molecular flexibility index (Phi) is 51.5. The second-order valence-corrected chi connectivity index (χ2v) is 10.9. The van der Waals surface area contributed by atoms with Crippen LogP contribution in [0.2, 0.25) is 0 Å². The molecule has 0 spiro atoms. The average Bonchev–Trinajstić information content (AvgIpc) is 3.22. The standard InChI is InChI=1S/C10H6NO3.C10H6NO2.C10H5O3.C8H5BrO3.C2H.4CH4.H3NO.4Y/c12-10(13)8-2-1-7-3-4-11(14)6-9(7)5-8;12-10(13)8-2-1-7-3-4-11-6-9(7)5-8;1-2-7-3-4-8(10(12)13)5-9(7)6-11;9-7-2-1-5(8(11)12)3-6(7)4-10;1-2;;;;;1-2;;;;/h1-3,5-6H,(H,12,13);1-3,5-6H,(H,12,13);3-6H,(H,12,13);1-4H,(H,11,12);1H;4*1H4;2H,1H2;;;;/q3*-1;;-1;;;;;;;;;. The topological polar surface area (TPSA) is 269 Å². The van der Waals surface area contributed by atoms with Crippen LogP contribution in [0.4, 0.5) is 0 Å². The smallest absolute Gasteiger partial charge is 0.335 e. The SMILES string of the molecule is C.C.C.C.NO.O=C(O)c1ccc2c[c-][n+]([O-])cc2c1.O=C(O)c1ccc2c[c-]ncc2c1.O=Cc1cc(C(=O)O)ccc1Br.[C-]#C.[C-]#Cc1ccc(C(=O)O)cc1C=O.[Y].[Y].[Y].[Y]. The molecule has 0 aliphatic heterocycles. The fraction of sp³-hybridized carbons (Fsp3) is 0.0909. The summed E-state index contributed by atoms with van der Waals surface area (Å²) in [5.74, 6) is 1.48. The number of nitrogens with zero attached hydrogens (tertiary/aromatic N) is 2. The van der Waals surface area contributed by atoms with Crippen LogP contribution < -0.4 is 10.6 Å². The van der Waals surface area contributed by atoms with Crippen LogP contribution >= 0.6 is 15.9 Å². The van der Waals surface area contributed by atoms with Crippen LogP contribution in [0.15, 0.2) is 102 Å². The van der Waals surface area contributed by atoms with Gasteiger partial charge in [0.05, 0.1) is 28.5 Å². The van der Waals surface area contributed by atoms with Gasteiger partial charge < -0.3 is 55.1 Å². The van der Waals surface area contributed by atoms with E-state index in [1.165, 1.54) is 60.8 Å². The summed E-state index contributed by atoms with van der Waals surface area (Å²) in [4.78, 5) is 66.8. The average molecular weight is 1240 g/mol. The zero-order valence-corrected chi connectivity index (χ0v) is 43.7. The number of rotatable bonds is 6. The quantitative estimate of drug-likeness (QED) is 0.0231. The zero-order valence-electron chi connectivity index (χ0n) is 30.7. The molecule has 4 radical (unpaired) electrons. The molecule has 15 nitrogen and oxygen atoms in total. The number of hydrogen-bond acceptors (Lipinski definition) is 10. The van der Waals surface area contributed by atoms with Crippen molar-refractivity contribution < 1.29 is 190 Å². The fourth-order valence-electron chi connectivity index (χ4n) is 4.09. The Morgan fingerprint density at radius 1 is 0.656 bits per heavy atom. The molecule has 2 aromatic heterocycles. The largest absolute Gasteiger partial charge is 0.697 e. The van der Waals surface area contributed by atoms with E-state index in [0.29, 0.717) is 38.3 Å². The number of carbonyl (C=O) groups is 6. The Morgan fingerprint density at radius 3 is 1.48 bits per heavy atom. The van der Waals surface area contributed by atoms with Crippen molar-refractivity contribution in [2.45, 2.75) is 29.7 Å². The molecule has 0 atom stereocenters. The van der Waals surface area contributed by atoms with Gasteiger partial charge in [0.1, 0.15) is 12.5 Å². The Bertz CT molecular complexity index is 2450. The summed E-state index contributed by atoms with van der Waals surface area (Å²) in [7, 11) is 0. The number of benzene rings is 4. The number of pyridine rings is 2. The molecule has 0 fully saturated rings. The Balaban J connectivity index is -0.000000102. The summed E-state index contributed by atoms with van der Waals surface area (Å²) in [6, 6.07) is 21.0. The van der Waals surface area contributed by atoms with Crippen LogP contribution in [0.1, 0.15) is 97.4 Å². The predicted molar refractivity (Wildman–Crippen MR) is 229 cm³/mol. The number of halogens is 1. The van der Waals surface area contributed by atoms with Gasteiger partial charge in [0.2, 0.25) is 0 Å². The molecule has 0 unspecified atom stereocenters. The summed E-state index contributed by atoms with van der Waals surface area (Å²) in [6.07, 6.45) is 24.9. The van der Waals surface area contributed by atoms with Crippen LogP contribution in [-0.2, 0) is 131 Å². The van der Waals surface area contributed by atoms with Crippen LogP contribution in [0.3, 0.4) is 0 Å². The first-order valence-electron chi connectivity index (χ1n) is 14.8. The molecule has 0 aliphatic carbocycles. The summed E-state index contributed by atoms with van der Waals surface area (Å²) in [5, 5.41) is 55.1. The number of carboxylic acid groups (broad SMARTS) is 4. The zero-order chi connectivity index (χ0) is 42.4. The monoisotopic (exact) mass is 1240 g/mol. The number of hydrogen-bond donors (Lipinski definition) is 6. The fourth-order valence-corrected chi connectivity index (χ4v) is 4.43. The summed E-state index contributed by atoms with van der Waals surface area (Å²) in [6.45, 7) is 0. The minimum atomic E-state index is -1.10. The molecule has 7 N–H and O–H groups in total. The molecular formula is C44H42BrN3O12Y4-4. The number of aromatic carboxylic acids is 4. The Hall–Kier alpha value is -3.34. The normalized spacial score (nSPS) is 8.00. The molecule has 0 saturated carbocycles. The molecule has 2 heterocycles. The first-order valence-corrected chi connectivity index (χ1v) is 15.6. The summed E-state index contributed by atoms with van der Waals surface area (Å²) < 4.78 is 1.12. The van der Waals surface area contributed by atoms with Gasteiger partial charge in [-0.1, -0.05) is 111 Å². The minimum Gasteiger partial charge on any atom is -0.697 e. The molecule has 0 amide bonds. The van der Waals surface area contributed by atoms with E-state index in [1.807, 2.05) is 5.92 Å².